The predicted octanol–water partition coefficient (Wildman–Crippen LogP) is 3.75. The van der Waals surface area contributed by atoms with Gasteiger partial charge in [-0.05, 0) is 37.1 Å². The molecule has 0 radical (unpaired) electrons. The number of nitrogens with one attached hydrogen (secondary N) is 2. The van der Waals surface area contributed by atoms with Crippen LogP contribution in [0.5, 0.6) is 0 Å². The Balaban J connectivity index is 1.60. The van der Waals surface area contributed by atoms with Crippen LogP contribution in [0.4, 0.5) is 17.5 Å². The number of anilines is 3. The summed E-state index contributed by atoms with van der Waals surface area (Å²) in [6, 6.07) is 9.84. The summed E-state index contributed by atoms with van der Waals surface area (Å²) >= 11 is 0. The first kappa shape index (κ1) is 23.7. The molecule has 0 saturated carbocycles. The number of fused-ring (bicyclic) bond motifs is 1. The molecular formula is C25H31N7O2. The molecule has 0 bridgehead atoms. The van der Waals surface area contributed by atoms with Crippen LogP contribution < -0.4 is 10.6 Å². The van der Waals surface area contributed by atoms with E-state index in [4.69, 9.17) is 4.74 Å². The lowest BCUT2D eigenvalue weighted by Crippen LogP contribution is -2.28. The largest absolute Gasteiger partial charge is 0.395 e. The van der Waals surface area contributed by atoms with Gasteiger partial charge >= 0.3 is 0 Å². The van der Waals surface area contributed by atoms with Gasteiger partial charge in [0.2, 0.25) is 5.95 Å². The molecule has 1 aromatic carbocycles. The number of aromatic nitrogens is 4. The molecule has 4 rings (SSSR count). The normalized spacial score (nSPS) is 17.6. The molecule has 0 amide bonds. The van der Waals surface area contributed by atoms with Gasteiger partial charge in [-0.1, -0.05) is 20.3 Å². The molecule has 9 nitrogen and oxygen atoms in total. The molecule has 9 heteroatoms. The van der Waals surface area contributed by atoms with Crippen molar-refractivity contribution in [1.82, 2.24) is 19.7 Å². The van der Waals surface area contributed by atoms with Crippen LogP contribution in [0.1, 0.15) is 43.5 Å². The van der Waals surface area contributed by atoms with E-state index < -0.39 is 5.41 Å². The number of aliphatic hydroxyl groups excluding tert-OH is 1. The van der Waals surface area contributed by atoms with Crippen LogP contribution >= 0.6 is 0 Å². The lowest BCUT2D eigenvalue weighted by molar-refractivity contribution is 0.0764. The highest BCUT2D eigenvalue weighted by atomic mass is 16.5. The second-order valence-corrected chi connectivity index (χ2v) is 9.02. The number of hydrogen-bond donors (Lipinski definition) is 3. The summed E-state index contributed by atoms with van der Waals surface area (Å²) in [5.74, 6) is 1.07. The molecular weight excluding hydrogens is 430 g/mol. The number of ether oxygens (including phenoxy) is 1. The fraction of sp³-hybridized carbons (Fsp3) is 0.440. The van der Waals surface area contributed by atoms with Crippen molar-refractivity contribution >= 4 is 17.5 Å². The summed E-state index contributed by atoms with van der Waals surface area (Å²) in [5.41, 5.74) is 4.29. The Kier molecular flexibility index (Phi) is 6.82. The van der Waals surface area contributed by atoms with Crippen molar-refractivity contribution in [2.24, 2.45) is 0 Å². The smallest absolute Gasteiger partial charge is 0.228 e. The third-order valence-corrected chi connectivity index (χ3v) is 6.41. The molecule has 1 aliphatic heterocycles. The van der Waals surface area contributed by atoms with Crippen LogP contribution in [0, 0.1) is 18.3 Å². The maximum Gasteiger partial charge on any atom is 0.228 e. The highest BCUT2D eigenvalue weighted by molar-refractivity contribution is 5.76. The van der Waals surface area contributed by atoms with E-state index in [1.807, 2.05) is 42.8 Å². The Hall–Kier alpha value is -3.48. The minimum Gasteiger partial charge on any atom is -0.395 e. The predicted molar refractivity (Wildman–Crippen MR) is 131 cm³/mol. The maximum absolute atomic E-state index is 9.95. The van der Waals surface area contributed by atoms with E-state index >= 15 is 0 Å². The lowest BCUT2D eigenvalue weighted by Gasteiger charge is -2.21. The van der Waals surface area contributed by atoms with Crippen molar-refractivity contribution in [1.29, 1.82) is 5.26 Å². The summed E-state index contributed by atoms with van der Waals surface area (Å²) in [4.78, 5) is 9.02. The molecule has 1 aliphatic rings. The third-order valence-electron chi connectivity index (χ3n) is 6.41. The average Bonchev–Trinajstić information content (AvgIpc) is 3.37. The highest BCUT2D eigenvalue weighted by Crippen LogP contribution is 2.41. The summed E-state index contributed by atoms with van der Waals surface area (Å²) in [5, 5.41) is 30.8. The Morgan fingerprint density at radius 3 is 2.91 bits per heavy atom. The van der Waals surface area contributed by atoms with E-state index in [0.717, 1.165) is 35.3 Å². The Labute approximate surface area is 199 Å². The van der Waals surface area contributed by atoms with Gasteiger partial charge in [-0.2, -0.15) is 10.4 Å². The van der Waals surface area contributed by atoms with Gasteiger partial charge in [0.05, 0.1) is 36.2 Å². The summed E-state index contributed by atoms with van der Waals surface area (Å²) in [7, 11) is 1.73. The maximum atomic E-state index is 9.95. The first-order valence-electron chi connectivity index (χ1n) is 11.5. The summed E-state index contributed by atoms with van der Waals surface area (Å²) in [6.45, 7) is 7.38. The number of aryl methyl sites for hydroxylation is 1. The zero-order chi connectivity index (χ0) is 24.3. The fourth-order valence-corrected chi connectivity index (χ4v) is 4.31. The minimum absolute atomic E-state index is 0.0118. The van der Waals surface area contributed by atoms with Crippen molar-refractivity contribution in [3.63, 3.8) is 0 Å². The van der Waals surface area contributed by atoms with Gasteiger partial charge in [0.25, 0.3) is 0 Å². The quantitative estimate of drug-likeness (QED) is 0.440. The van der Waals surface area contributed by atoms with E-state index in [1.165, 1.54) is 0 Å². The van der Waals surface area contributed by atoms with Crippen LogP contribution in [0.3, 0.4) is 0 Å². The van der Waals surface area contributed by atoms with E-state index in [-0.39, 0.29) is 12.7 Å². The van der Waals surface area contributed by atoms with E-state index in [2.05, 4.69) is 38.7 Å². The van der Waals surface area contributed by atoms with Crippen LogP contribution in [-0.4, -0.2) is 51.2 Å². The molecule has 0 spiro atoms. The molecule has 34 heavy (non-hydrogen) atoms. The SMILES string of the molecule is CCCC(Cn1nc(Nc2nccc(-c3cc(C#N)c4c(c3)C(C)(CO)CN4)n2)cc1C)OC. The van der Waals surface area contributed by atoms with Crippen molar-refractivity contribution < 1.29 is 9.84 Å². The number of rotatable bonds is 9. The van der Waals surface area contributed by atoms with Crippen LogP contribution in [0.15, 0.2) is 30.5 Å². The van der Waals surface area contributed by atoms with E-state index in [1.54, 1.807) is 13.3 Å². The first-order valence-corrected chi connectivity index (χ1v) is 11.5. The van der Waals surface area contributed by atoms with Gasteiger partial charge in [-0.3, -0.25) is 4.68 Å². The Bertz CT molecular complexity index is 1220. The van der Waals surface area contributed by atoms with Gasteiger partial charge in [0.1, 0.15) is 6.07 Å². The molecule has 0 saturated heterocycles. The van der Waals surface area contributed by atoms with Crippen LogP contribution in [0.2, 0.25) is 0 Å². The van der Waals surface area contributed by atoms with Gasteiger partial charge < -0.3 is 20.5 Å². The third kappa shape index (κ3) is 4.60. The highest BCUT2D eigenvalue weighted by Gasteiger charge is 2.36. The van der Waals surface area contributed by atoms with Crippen molar-refractivity contribution in [3.05, 3.63) is 47.3 Å². The molecule has 2 atom stereocenters. The van der Waals surface area contributed by atoms with Gasteiger partial charge in [-0.15, -0.1) is 0 Å². The molecule has 3 heterocycles. The van der Waals surface area contributed by atoms with Gasteiger partial charge in [0, 0.05) is 42.6 Å². The molecule has 0 aliphatic carbocycles. The number of methoxy groups -OCH3 is 1. The fourth-order valence-electron chi connectivity index (χ4n) is 4.31. The standard InChI is InChI=1S/C25H31N7O2/c1-5-6-19(34-4)13-32-16(2)9-22(31-32)30-24-27-8-7-21(29-24)17-10-18(12-26)23-20(11-17)25(3,15-33)14-28-23/h7-11,19,28,33H,5-6,13-15H2,1-4H3,(H,27,29,30,31). The number of nitrogens with zero attached hydrogens (tertiary/aromatic N) is 5. The monoisotopic (exact) mass is 461 g/mol. The minimum atomic E-state index is -0.451. The zero-order valence-corrected chi connectivity index (χ0v) is 20.1. The zero-order valence-electron chi connectivity index (χ0n) is 20.1. The summed E-state index contributed by atoms with van der Waals surface area (Å²) < 4.78 is 7.50. The number of hydrogen-bond acceptors (Lipinski definition) is 8. The summed E-state index contributed by atoms with van der Waals surface area (Å²) in [6.07, 6.45) is 3.82. The Morgan fingerprint density at radius 1 is 1.38 bits per heavy atom. The second kappa shape index (κ2) is 9.79. The van der Waals surface area contributed by atoms with Gasteiger partial charge in [-0.25, -0.2) is 9.97 Å². The molecule has 2 unspecified atom stereocenters. The molecule has 3 aromatic rings. The molecule has 2 aromatic heterocycles. The lowest BCUT2D eigenvalue weighted by atomic mass is 9.83. The number of aliphatic hydroxyl groups is 1. The molecule has 3 N–H and O–H groups in total. The number of nitriles is 1. The Morgan fingerprint density at radius 2 is 2.21 bits per heavy atom. The van der Waals surface area contributed by atoms with Crippen LogP contribution in [0.25, 0.3) is 11.3 Å². The molecule has 0 fully saturated rings. The van der Waals surface area contributed by atoms with Crippen molar-refractivity contribution in [2.75, 3.05) is 30.9 Å². The molecule has 178 valence electrons. The van der Waals surface area contributed by atoms with E-state index in [0.29, 0.717) is 36.1 Å². The first-order chi connectivity index (χ1) is 16.4. The van der Waals surface area contributed by atoms with Gasteiger partial charge in [0.15, 0.2) is 5.82 Å². The van der Waals surface area contributed by atoms with Crippen LogP contribution in [-0.2, 0) is 16.7 Å². The topological polar surface area (TPSA) is 121 Å². The van der Waals surface area contributed by atoms with Crippen molar-refractivity contribution in [2.45, 2.75) is 51.7 Å². The average molecular weight is 462 g/mol. The van der Waals surface area contributed by atoms with E-state index in [9.17, 15) is 10.4 Å². The number of benzene rings is 1. The van der Waals surface area contributed by atoms with Crippen molar-refractivity contribution in [3.8, 4) is 17.3 Å². The second-order valence-electron chi connectivity index (χ2n) is 9.02.